The highest BCUT2D eigenvalue weighted by atomic mass is 14.8. The van der Waals surface area contributed by atoms with Crippen molar-refractivity contribution in [1.82, 2.24) is 9.97 Å². The van der Waals surface area contributed by atoms with Crippen LogP contribution in [0.5, 0.6) is 0 Å². The maximum atomic E-state index is 4.59. The summed E-state index contributed by atoms with van der Waals surface area (Å²) in [6.45, 7) is 5.57. The van der Waals surface area contributed by atoms with Crippen LogP contribution in [0.25, 0.3) is 17.1 Å². The summed E-state index contributed by atoms with van der Waals surface area (Å²) in [5.41, 5.74) is 3.28. The fourth-order valence-electron chi connectivity index (χ4n) is 1.68. The van der Waals surface area contributed by atoms with Crippen LogP contribution in [0.15, 0.2) is 66.3 Å². The molecule has 0 atom stereocenters. The molecule has 0 spiro atoms. The molecule has 0 radical (unpaired) electrons. The summed E-state index contributed by atoms with van der Waals surface area (Å²) < 4.78 is 0. The molecular formula is C16H15N3. The topological polar surface area (TPSA) is 38.1 Å². The number of nitrogens with zero attached hydrogens (tertiary/aromatic N) is 3. The van der Waals surface area contributed by atoms with E-state index in [0.717, 1.165) is 22.8 Å². The van der Waals surface area contributed by atoms with E-state index in [1.807, 2.05) is 49.4 Å². The van der Waals surface area contributed by atoms with Crippen LogP contribution in [0, 0.1) is 0 Å². The van der Waals surface area contributed by atoms with Crippen LogP contribution in [0.3, 0.4) is 0 Å². The molecule has 0 aliphatic heterocycles. The van der Waals surface area contributed by atoms with Gasteiger partial charge >= 0.3 is 0 Å². The van der Waals surface area contributed by atoms with Crippen molar-refractivity contribution in [2.24, 2.45) is 4.99 Å². The Morgan fingerprint density at radius 1 is 1.16 bits per heavy atom. The van der Waals surface area contributed by atoms with E-state index in [0.29, 0.717) is 0 Å². The molecule has 0 bridgehead atoms. The van der Waals surface area contributed by atoms with Crippen LogP contribution in [0.2, 0.25) is 0 Å². The lowest BCUT2D eigenvalue weighted by molar-refractivity contribution is 1.21. The van der Waals surface area contributed by atoms with Gasteiger partial charge in [-0.2, -0.15) is 0 Å². The second-order valence-corrected chi connectivity index (χ2v) is 3.80. The Hall–Kier alpha value is -2.55. The molecular weight excluding hydrogens is 234 g/mol. The lowest BCUT2D eigenvalue weighted by Gasteiger charge is -2.04. The summed E-state index contributed by atoms with van der Waals surface area (Å²) in [6, 6.07) is 11.6. The number of hydrogen-bond donors (Lipinski definition) is 0. The highest BCUT2D eigenvalue weighted by Gasteiger charge is 2.04. The van der Waals surface area contributed by atoms with Crippen molar-refractivity contribution in [3.05, 3.63) is 67.0 Å². The predicted molar refractivity (Wildman–Crippen MR) is 79.8 cm³/mol. The maximum Gasteiger partial charge on any atom is 0.0894 e. The molecule has 0 aliphatic carbocycles. The van der Waals surface area contributed by atoms with Gasteiger partial charge in [0.05, 0.1) is 22.8 Å². The summed E-state index contributed by atoms with van der Waals surface area (Å²) in [5.74, 6) is 0. The Morgan fingerprint density at radius 2 is 2.00 bits per heavy atom. The highest BCUT2D eigenvalue weighted by molar-refractivity contribution is 5.73. The van der Waals surface area contributed by atoms with Gasteiger partial charge in [0.2, 0.25) is 0 Å². The molecule has 19 heavy (non-hydrogen) atoms. The third-order valence-electron chi connectivity index (χ3n) is 2.48. The lowest BCUT2D eigenvalue weighted by atomic mass is 10.2. The average Bonchev–Trinajstić information content (AvgIpc) is 2.48. The molecule has 0 N–H and O–H groups in total. The molecule has 2 aromatic heterocycles. The van der Waals surface area contributed by atoms with Gasteiger partial charge in [0.25, 0.3) is 0 Å². The second-order valence-electron chi connectivity index (χ2n) is 3.80. The van der Waals surface area contributed by atoms with Crippen LogP contribution < -0.4 is 0 Å². The number of aromatic nitrogens is 2. The Kier molecular flexibility index (Phi) is 4.34. The van der Waals surface area contributed by atoms with Gasteiger partial charge in [0.1, 0.15) is 0 Å². The standard InChI is InChI=1S/C16H15N3/c1-3-8-13(17-4-2)15-10-7-11-16(19-15)14-9-5-6-12-18-14/h3-12H,1H2,2H3/b13-8-,17-4-. The summed E-state index contributed by atoms with van der Waals surface area (Å²) in [5, 5.41) is 0. The van der Waals surface area contributed by atoms with Crippen molar-refractivity contribution < 1.29 is 0 Å². The van der Waals surface area contributed by atoms with Crippen molar-refractivity contribution in [2.45, 2.75) is 6.92 Å². The maximum absolute atomic E-state index is 4.59. The van der Waals surface area contributed by atoms with Gasteiger partial charge in [-0.15, -0.1) is 0 Å². The molecule has 0 aromatic carbocycles. The van der Waals surface area contributed by atoms with E-state index in [1.54, 1.807) is 18.5 Å². The molecule has 94 valence electrons. The van der Waals surface area contributed by atoms with E-state index in [1.165, 1.54) is 0 Å². The molecule has 0 aliphatic rings. The number of pyridine rings is 2. The smallest absolute Gasteiger partial charge is 0.0894 e. The monoisotopic (exact) mass is 249 g/mol. The van der Waals surface area contributed by atoms with Crippen LogP contribution in [-0.4, -0.2) is 16.2 Å². The second kappa shape index (κ2) is 6.40. The first-order chi connectivity index (χ1) is 9.35. The molecule has 0 unspecified atom stereocenters. The van der Waals surface area contributed by atoms with Crippen molar-refractivity contribution in [2.75, 3.05) is 0 Å². The predicted octanol–water partition coefficient (Wildman–Crippen LogP) is 3.76. The summed E-state index contributed by atoms with van der Waals surface area (Å²) in [4.78, 5) is 13.2. The molecule has 3 nitrogen and oxygen atoms in total. The third-order valence-corrected chi connectivity index (χ3v) is 2.48. The Bertz CT molecular complexity index is 613. The van der Waals surface area contributed by atoms with Gasteiger partial charge in [0.15, 0.2) is 0 Å². The summed E-state index contributed by atoms with van der Waals surface area (Å²) in [6.07, 6.45) is 7.04. The van der Waals surface area contributed by atoms with Crippen LogP contribution in [0.1, 0.15) is 12.6 Å². The van der Waals surface area contributed by atoms with Crippen LogP contribution >= 0.6 is 0 Å². The zero-order valence-corrected chi connectivity index (χ0v) is 10.8. The molecule has 0 amide bonds. The van der Waals surface area contributed by atoms with Crippen molar-refractivity contribution in [1.29, 1.82) is 0 Å². The van der Waals surface area contributed by atoms with Crippen LogP contribution in [0.4, 0.5) is 0 Å². The Morgan fingerprint density at radius 3 is 2.68 bits per heavy atom. The number of allylic oxidation sites excluding steroid dienone is 2. The first kappa shape index (κ1) is 12.9. The Balaban J connectivity index is 2.44. The van der Waals surface area contributed by atoms with Gasteiger partial charge in [-0.3, -0.25) is 9.98 Å². The van der Waals surface area contributed by atoms with E-state index in [-0.39, 0.29) is 0 Å². The quantitative estimate of drug-likeness (QED) is 0.611. The Labute approximate surface area is 113 Å². The molecule has 2 heterocycles. The minimum absolute atomic E-state index is 0.787. The minimum atomic E-state index is 0.787. The van der Waals surface area contributed by atoms with Gasteiger partial charge in [-0.1, -0.05) is 24.8 Å². The molecule has 2 aromatic rings. The van der Waals surface area contributed by atoms with E-state index in [2.05, 4.69) is 21.5 Å². The molecule has 0 saturated heterocycles. The fourth-order valence-corrected chi connectivity index (χ4v) is 1.68. The fraction of sp³-hybridized carbons (Fsp3) is 0.0625. The summed E-state index contributed by atoms with van der Waals surface area (Å²) >= 11 is 0. The minimum Gasteiger partial charge on any atom is -0.259 e. The molecule has 0 fully saturated rings. The molecule has 0 saturated carbocycles. The zero-order chi connectivity index (χ0) is 13.5. The van der Waals surface area contributed by atoms with E-state index in [4.69, 9.17) is 0 Å². The first-order valence-corrected chi connectivity index (χ1v) is 6.05. The highest BCUT2D eigenvalue weighted by Crippen LogP contribution is 2.19. The zero-order valence-electron chi connectivity index (χ0n) is 10.8. The number of aliphatic imine (C=N–C) groups is 1. The number of hydrogen-bond acceptors (Lipinski definition) is 3. The van der Waals surface area contributed by atoms with Gasteiger partial charge in [-0.05, 0) is 37.3 Å². The normalized spacial score (nSPS) is 11.7. The molecule has 3 heteroatoms. The lowest BCUT2D eigenvalue weighted by Crippen LogP contribution is -1.92. The van der Waals surface area contributed by atoms with Crippen LogP contribution in [-0.2, 0) is 0 Å². The largest absolute Gasteiger partial charge is 0.259 e. The van der Waals surface area contributed by atoms with E-state index in [9.17, 15) is 0 Å². The number of rotatable bonds is 4. The molecule has 2 rings (SSSR count). The SMILES string of the molecule is C=C/C=C(\N=C/C)c1cccc(-c2ccccn2)n1. The summed E-state index contributed by atoms with van der Waals surface area (Å²) in [7, 11) is 0. The third kappa shape index (κ3) is 3.22. The van der Waals surface area contributed by atoms with E-state index >= 15 is 0 Å². The van der Waals surface area contributed by atoms with Crippen molar-refractivity contribution >= 4 is 11.9 Å². The van der Waals surface area contributed by atoms with Crippen molar-refractivity contribution in [3.8, 4) is 11.4 Å². The van der Waals surface area contributed by atoms with Crippen molar-refractivity contribution in [3.63, 3.8) is 0 Å². The van der Waals surface area contributed by atoms with Gasteiger partial charge in [0, 0.05) is 12.4 Å². The average molecular weight is 249 g/mol. The van der Waals surface area contributed by atoms with Gasteiger partial charge < -0.3 is 0 Å². The van der Waals surface area contributed by atoms with E-state index < -0.39 is 0 Å². The van der Waals surface area contributed by atoms with Gasteiger partial charge in [-0.25, -0.2) is 4.98 Å². The first-order valence-electron chi connectivity index (χ1n) is 6.05.